The molecule has 1 aliphatic carbocycles. The Morgan fingerprint density at radius 2 is 1.48 bits per heavy atom. The van der Waals surface area contributed by atoms with Crippen LogP contribution in [0, 0.1) is 5.92 Å². The summed E-state index contributed by atoms with van der Waals surface area (Å²) >= 11 is 0. The maximum Gasteiger partial charge on any atom is 0.412 e. The average molecular weight is 923 g/mol. The number of carbonyl (C=O) groups is 5. The minimum absolute atomic E-state index is 0.0193. The molecule has 0 unspecified atom stereocenters. The van der Waals surface area contributed by atoms with Crippen LogP contribution in [0.15, 0.2) is 91.5 Å². The average Bonchev–Trinajstić information content (AvgIpc) is 3.98. The molecule has 3 aromatic rings. The molecule has 0 aromatic heterocycles. The van der Waals surface area contributed by atoms with Crippen molar-refractivity contribution in [2.24, 2.45) is 5.92 Å². The monoisotopic (exact) mass is 923 g/mol. The van der Waals surface area contributed by atoms with E-state index < -0.39 is 71.1 Å². The third-order valence-corrected chi connectivity index (χ3v) is 12.4. The Hall–Kier alpha value is -5.89. The van der Waals surface area contributed by atoms with E-state index in [1.54, 1.807) is 57.4 Å². The first-order valence-electron chi connectivity index (χ1n) is 23.7. The molecule has 362 valence electrons. The number of alkyl carbamates (subject to hydrolysis) is 1. The van der Waals surface area contributed by atoms with Crippen molar-refractivity contribution >= 4 is 30.2 Å². The number of hydrogen-bond acceptors (Lipinski definition) is 10. The van der Waals surface area contributed by atoms with Crippen LogP contribution in [0.3, 0.4) is 0 Å². The largest absolute Gasteiger partial charge is 0.458 e. The van der Waals surface area contributed by atoms with Gasteiger partial charge >= 0.3 is 24.2 Å². The summed E-state index contributed by atoms with van der Waals surface area (Å²) in [5, 5.41) is 2.80. The maximum absolute atomic E-state index is 15.2. The highest BCUT2D eigenvalue weighted by atomic mass is 16.6. The molecule has 3 aliphatic rings. The lowest BCUT2D eigenvalue weighted by molar-refractivity contribution is -0.164. The van der Waals surface area contributed by atoms with Crippen molar-refractivity contribution in [1.29, 1.82) is 0 Å². The number of amides is 4. The van der Waals surface area contributed by atoms with Crippen LogP contribution in [0.5, 0.6) is 0 Å². The summed E-state index contributed by atoms with van der Waals surface area (Å²) in [5.41, 5.74) is 2.57. The van der Waals surface area contributed by atoms with Gasteiger partial charge in [0.1, 0.15) is 42.2 Å². The number of hydrogen-bond donors (Lipinski definition) is 1. The van der Waals surface area contributed by atoms with Crippen LogP contribution >= 0.6 is 0 Å². The summed E-state index contributed by atoms with van der Waals surface area (Å²) in [6, 6.07) is 23.1. The Labute approximate surface area is 396 Å². The number of ether oxygens (including phenoxy) is 5. The normalized spacial score (nSPS) is 18.6. The van der Waals surface area contributed by atoms with E-state index in [0.29, 0.717) is 32.2 Å². The Balaban J connectivity index is 1.28. The number of nitrogens with one attached hydrogen (secondary N) is 1. The minimum atomic E-state index is -1.06. The summed E-state index contributed by atoms with van der Waals surface area (Å²) in [7, 11) is 0. The van der Waals surface area contributed by atoms with Crippen molar-refractivity contribution in [3.63, 3.8) is 0 Å². The van der Waals surface area contributed by atoms with Gasteiger partial charge in [0.2, 0.25) is 5.91 Å². The van der Waals surface area contributed by atoms with Gasteiger partial charge in [-0.15, -0.1) is 6.58 Å². The highest BCUT2D eigenvalue weighted by Crippen LogP contribution is 2.45. The Morgan fingerprint density at radius 1 is 0.851 bits per heavy atom. The van der Waals surface area contributed by atoms with Crippen LogP contribution in [0.1, 0.15) is 117 Å². The van der Waals surface area contributed by atoms with Crippen molar-refractivity contribution in [3.8, 4) is 11.1 Å². The number of benzene rings is 3. The van der Waals surface area contributed by atoms with Crippen LogP contribution in [0.4, 0.5) is 14.4 Å². The van der Waals surface area contributed by atoms with E-state index in [2.05, 4.69) is 24.0 Å². The lowest BCUT2D eigenvalue weighted by Crippen LogP contribution is -2.55. The van der Waals surface area contributed by atoms with Crippen molar-refractivity contribution in [1.82, 2.24) is 20.0 Å². The highest BCUT2D eigenvalue weighted by molar-refractivity contribution is 5.90. The van der Waals surface area contributed by atoms with Gasteiger partial charge in [0.05, 0.1) is 12.6 Å². The number of unbranched alkanes of at least 4 members (excludes halogenated alkanes) is 1. The van der Waals surface area contributed by atoms with Crippen molar-refractivity contribution in [2.75, 3.05) is 32.8 Å². The maximum atomic E-state index is 15.2. The summed E-state index contributed by atoms with van der Waals surface area (Å²) < 4.78 is 29.5. The topological polar surface area (TPSA) is 153 Å². The first kappa shape index (κ1) is 50.5. The van der Waals surface area contributed by atoms with Crippen molar-refractivity contribution in [2.45, 2.75) is 141 Å². The summed E-state index contributed by atoms with van der Waals surface area (Å²) in [4.78, 5) is 74.7. The molecule has 6 rings (SSSR count). The highest BCUT2D eigenvalue weighted by Gasteiger charge is 2.49. The number of likely N-dealkylation sites (tertiary alicyclic amines) is 1. The van der Waals surface area contributed by atoms with Gasteiger partial charge in [-0.25, -0.2) is 19.2 Å². The lowest BCUT2D eigenvalue weighted by Gasteiger charge is -2.38. The molecule has 14 nitrogen and oxygen atoms in total. The zero-order valence-corrected chi connectivity index (χ0v) is 40.6. The molecule has 2 saturated heterocycles. The number of esters is 1. The van der Waals surface area contributed by atoms with Gasteiger partial charge in [-0.1, -0.05) is 84.9 Å². The molecular weight excluding hydrogens is 853 g/mol. The molecule has 0 spiro atoms. The van der Waals surface area contributed by atoms with E-state index in [4.69, 9.17) is 23.7 Å². The zero-order chi connectivity index (χ0) is 48.5. The van der Waals surface area contributed by atoms with Crippen molar-refractivity contribution < 1.29 is 47.7 Å². The second-order valence-electron chi connectivity index (χ2n) is 20.1. The fraction of sp³-hybridized carbons (Fsp3) is 0.528. The fourth-order valence-electron chi connectivity index (χ4n) is 9.30. The molecule has 0 bridgehead atoms. The van der Waals surface area contributed by atoms with Crippen LogP contribution in [-0.2, 0) is 39.9 Å². The van der Waals surface area contributed by atoms with E-state index in [1.165, 1.54) is 4.90 Å². The van der Waals surface area contributed by atoms with Gasteiger partial charge < -0.3 is 33.9 Å². The summed E-state index contributed by atoms with van der Waals surface area (Å²) in [5.74, 6) is -1.54. The first-order valence-corrected chi connectivity index (χ1v) is 23.7. The molecule has 2 aliphatic heterocycles. The predicted octanol–water partition coefficient (Wildman–Crippen LogP) is 9.60. The predicted molar refractivity (Wildman–Crippen MR) is 255 cm³/mol. The van der Waals surface area contributed by atoms with Gasteiger partial charge in [0.15, 0.2) is 0 Å². The van der Waals surface area contributed by atoms with Crippen molar-refractivity contribution in [3.05, 3.63) is 108 Å². The fourth-order valence-corrected chi connectivity index (χ4v) is 9.30. The van der Waals surface area contributed by atoms with Crippen LogP contribution < -0.4 is 5.32 Å². The van der Waals surface area contributed by atoms with E-state index in [0.717, 1.165) is 27.8 Å². The van der Waals surface area contributed by atoms with Gasteiger partial charge in [-0.3, -0.25) is 14.6 Å². The second-order valence-corrected chi connectivity index (χ2v) is 20.1. The number of rotatable bonds is 17. The molecule has 67 heavy (non-hydrogen) atoms. The first-order chi connectivity index (χ1) is 31.8. The summed E-state index contributed by atoms with van der Waals surface area (Å²) in [6.45, 7) is 19.5. The number of carbonyl (C=O) groups excluding carboxylic acids is 5. The molecule has 3 aromatic carbocycles. The van der Waals surface area contributed by atoms with Crippen LogP contribution in [0.2, 0.25) is 0 Å². The molecule has 14 heteroatoms. The van der Waals surface area contributed by atoms with E-state index >= 15 is 4.79 Å². The number of fused-ring (bicyclic) bond motifs is 3. The molecule has 1 N–H and O–H groups in total. The van der Waals surface area contributed by atoms with Gasteiger partial charge in [0.25, 0.3) is 0 Å². The minimum Gasteiger partial charge on any atom is -0.458 e. The molecule has 0 saturated carbocycles. The number of nitrogens with zero attached hydrogens (tertiary/aromatic N) is 3. The molecule has 4 atom stereocenters. The van der Waals surface area contributed by atoms with E-state index in [9.17, 15) is 19.2 Å². The van der Waals surface area contributed by atoms with E-state index in [1.807, 2.05) is 80.6 Å². The molecule has 2 fully saturated rings. The smallest absolute Gasteiger partial charge is 0.412 e. The Morgan fingerprint density at radius 3 is 2.10 bits per heavy atom. The van der Waals surface area contributed by atoms with Gasteiger partial charge in [0, 0.05) is 31.5 Å². The standard InChI is InChI=1S/C53H70N4O10/c1-10-37(45-35-65-53(8,9)57(45)50(62)67-52(5,6)7)29-32-56(49(61)64-34-42-40-25-16-14-23-38(40)39-24-15-17-26-41(39)42)43(46(58)55-31-20-28-44(55)47(59)66-51(2,3)4)27-18-19-30-54-48(60)63-33-36-21-12-11-13-22-36/h10-17,21-26,37,42-45H,1,18-20,27-35H2,2-9H3,(H,54,60)/t37-,43-,44-,45+/m0/s1. The summed E-state index contributed by atoms with van der Waals surface area (Å²) in [6.07, 6.45) is 2.34. The molecule has 4 amide bonds. The zero-order valence-electron chi connectivity index (χ0n) is 40.6. The van der Waals surface area contributed by atoms with E-state index in [-0.39, 0.29) is 51.7 Å². The quantitative estimate of drug-likeness (QED) is 0.0600. The lowest BCUT2D eigenvalue weighted by atomic mass is 9.94. The van der Waals surface area contributed by atoms with Crippen LogP contribution in [0.25, 0.3) is 11.1 Å². The molecular formula is C53H70N4O10. The molecule has 2 heterocycles. The Kier molecular flexibility index (Phi) is 16.5. The SMILES string of the molecule is C=C[C@@H](CCN(C(=O)OCC1c2ccccc2-c2ccccc21)[C@@H](CCCCNC(=O)OCc1ccccc1)C(=O)N1CCC[C@H]1C(=O)OC(C)(C)C)[C@H]1COC(C)(C)N1C(=O)OC(C)(C)C. The third kappa shape index (κ3) is 13.0. The van der Waals surface area contributed by atoms with Crippen LogP contribution in [-0.4, -0.2) is 113 Å². The Bertz CT molecular complexity index is 2170. The van der Waals surface area contributed by atoms with Gasteiger partial charge in [-0.2, -0.15) is 0 Å². The van der Waals surface area contributed by atoms with Gasteiger partial charge in [-0.05, 0) is 122 Å². The second kappa shape index (κ2) is 21.8. The third-order valence-electron chi connectivity index (χ3n) is 12.4. The molecule has 0 radical (unpaired) electrons.